The predicted molar refractivity (Wildman–Crippen MR) is 75.6 cm³/mol. The first-order valence-electron chi connectivity index (χ1n) is 4.73. The highest BCUT2D eigenvalue weighted by atomic mass is 79.9. The summed E-state index contributed by atoms with van der Waals surface area (Å²) in [6.07, 6.45) is 1.81. The molecule has 0 bridgehead atoms. The fourth-order valence-corrected chi connectivity index (χ4v) is 3.13. The molecule has 0 aliphatic carbocycles. The van der Waals surface area contributed by atoms with E-state index < -0.39 is 0 Å². The van der Waals surface area contributed by atoms with Crippen LogP contribution in [0.5, 0.6) is 0 Å². The molecule has 0 aliphatic heterocycles. The quantitative estimate of drug-likeness (QED) is 0.724. The molecule has 0 fully saturated rings. The van der Waals surface area contributed by atoms with Gasteiger partial charge in [-0.1, -0.05) is 28.1 Å². The number of benzene rings is 1. The Hall–Kier alpha value is -0.320. The lowest BCUT2D eigenvalue weighted by atomic mass is 10.2. The van der Waals surface area contributed by atoms with E-state index in [4.69, 9.17) is 0 Å². The second kappa shape index (κ2) is 5.84. The third kappa shape index (κ3) is 3.34. The van der Waals surface area contributed by atoms with Crippen molar-refractivity contribution in [3.63, 3.8) is 0 Å². The molecule has 4 heteroatoms. The standard InChI is InChI=1S/C12H9Br2NS/c13-10-4-1-3-9(7-10)8-16-12-11(14)5-2-6-15-12/h1-7H,8H2. The first kappa shape index (κ1) is 12.1. The summed E-state index contributed by atoms with van der Waals surface area (Å²) in [6.45, 7) is 0. The van der Waals surface area contributed by atoms with Crippen molar-refractivity contribution >= 4 is 43.6 Å². The van der Waals surface area contributed by atoms with Crippen LogP contribution in [0, 0.1) is 0 Å². The van der Waals surface area contributed by atoms with Crippen LogP contribution in [0.4, 0.5) is 0 Å². The van der Waals surface area contributed by atoms with E-state index in [0.29, 0.717) is 0 Å². The maximum Gasteiger partial charge on any atom is 0.110 e. The van der Waals surface area contributed by atoms with Crippen LogP contribution < -0.4 is 0 Å². The van der Waals surface area contributed by atoms with Crippen molar-refractivity contribution in [1.82, 2.24) is 4.98 Å². The maximum atomic E-state index is 4.32. The van der Waals surface area contributed by atoms with Crippen molar-refractivity contribution < 1.29 is 0 Å². The zero-order chi connectivity index (χ0) is 11.4. The van der Waals surface area contributed by atoms with Gasteiger partial charge in [-0.2, -0.15) is 0 Å². The normalized spacial score (nSPS) is 10.4. The van der Waals surface area contributed by atoms with Crippen LogP contribution in [0.3, 0.4) is 0 Å². The first-order valence-corrected chi connectivity index (χ1v) is 7.30. The molecule has 0 saturated heterocycles. The molecule has 1 heterocycles. The van der Waals surface area contributed by atoms with Crippen LogP contribution >= 0.6 is 43.6 Å². The Balaban J connectivity index is 2.05. The van der Waals surface area contributed by atoms with E-state index in [-0.39, 0.29) is 0 Å². The van der Waals surface area contributed by atoms with Gasteiger partial charge in [0.1, 0.15) is 5.03 Å². The number of pyridine rings is 1. The van der Waals surface area contributed by atoms with E-state index in [1.54, 1.807) is 11.8 Å². The van der Waals surface area contributed by atoms with E-state index in [0.717, 1.165) is 19.7 Å². The summed E-state index contributed by atoms with van der Waals surface area (Å²) in [5.74, 6) is 0.926. The molecular formula is C12H9Br2NS. The van der Waals surface area contributed by atoms with Gasteiger partial charge in [0.25, 0.3) is 0 Å². The van der Waals surface area contributed by atoms with Crippen molar-refractivity contribution in [2.75, 3.05) is 0 Å². The van der Waals surface area contributed by atoms with Crippen molar-refractivity contribution in [3.05, 3.63) is 57.1 Å². The van der Waals surface area contributed by atoms with Crippen molar-refractivity contribution in [1.29, 1.82) is 0 Å². The highest BCUT2D eigenvalue weighted by molar-refractivity contribution is 9.10. The van der Waals surface area contributed by atoms with Crippen LogP contribution in [-0.2, 0) is 5.75 Å². The Morgan fingerprint density at radius 1 is 1.12 bits per heavy atom. The van der Waals surface area contributed by atoms with Gasteiger partial charge in [0.15, 0.2) is 0 Å². The van der Waals surface area contributed by atoms with E-state index in [9.17, 15) is 0 Å². The second-order valence-electron chi connectivity index (χ2n) is 3.21. The number of hydrogen-bond acceptors (Lipinski definition) is 2. The molecule has 1 nitrogen and oxygen atoms in total. The lowest BCUT2D eigenvalue weighted by Crippen LogP contribution is -1.84. The molecule has 82 valence electrons. The van der Waals surface area contributed by atoms with Crippen molar-refractivity contribution in [2.24, 2.45) is 0 Å². The maximum absolute atomic E-state index is 4.32. The molecule has 0 aliphatic rings. The summed E-state index contributed by atoms with van der Waals surface area (Å²) in [7, 11) is 0. The van der Waals surface area contributed by atoms with Gasteiger partial charge in [-0.25, -0.2) is 4.98 Å². The van der Waals surface area contributed by atoms with Crippen LogP contribution in [0.1, 0.15) is 5.56 Å². The predicted octanol–water partition coefficient (Wildman–Crippen LogP) is 4.90. The van der Waals surface area contributed by atoms with Gasteiger partial charge in [-0.3, -0.25) is 0 Å². The fraction of sp³-hybridized carbons (Fsp3) is 0.0833. The van der Waals surface area contributed by atoms with Gasteiger partial charge in [0.2, 0.25) is 0 Å². The Labute approximate surface area is 116 Å². The van der Waals surface area contributed by atoms with Crippen LogP contribution in [-0.4, -0.2) is 4.98 Å². The average Bonchev–Trinajstić information content (AvgIpc) is 2.28. The van der Waals surface area contributed by atoms with E-state index in [1.165, 1.54) is 5.56 Å². The summed E-state index contributed by atoms with van der Waals surface area (Å²) >= 11 is 8.69. The number of halogens is 2. The minimum absolute atomic E-state index is 0.926. The zero-order valence-electron chi connectivity index (χ0n) is 8.36. The molecule has 2 rings (SSSR count). The Morgan fingerprint density at radius 3 is 2.75 bits per heavy atom. The third-order valence-electron chi connectivity index (χ3n) is 1.99. The summed E-state index contributed by atoms with van der Waals surface area (Å²) in [4.78, 5) is 4.32. The van der Waals surface area contributed by atoms with Crippen LogP contribution in [0.25, 0.3) is 0 Å². The van der Waals surface area contributed by atoms with Crippen LogP contribution in [0.2, 0.25) is 0 Å². The summed E-state index contributed by atoms with van der Waals surface area (Å²) in [6, 6.07) is 12.3. The van der Waals surface area contributed by atoms with Gasteiger partial charge in [-0.05, 0) is 45.8 Å². The minimum Gasteiger partial charge on any atom is -0.249 e. The summed E-state index contributed by atoms with van der Waals surface area (Å²) in [5.41, 5.74) is 1.29. The third-order valence-corrected chi connectivity index (χ3v) is 4.46. The summed E-state index contributed by atoms with van der Waals surface area (Å²) in [5, 5.41) is 1.03. The van der Waals surface area contributed by atoms with Gasteiger partial charge in [-0.15, -0.1) is 11.8 Å². The molecule has 0 unspecified atom stereocenters. The zero-order valence-corrected chi connectivity index (χ0v) is 12.3. The van der Waals surface area contributed by atoms with Crippen LogP contribution in [0.15, 0.2) is 56.6 Å². The number of nitrogens with zero attached hydrogens (tertiary/aromatic N) is 1. The molecule has 0 atom stereocenters. The van der Waals surface area contributed by atoms with Crippen molar-refractivity contribution in [2.45, 2.75) is 10.8 Å². The molecule has 2 aromatic rings. The molecule has 0 N–H and O–H groups in total. The molecule has 0 saturated carbocycles. The molecular weight excluding hydrogens is 350 g/mol. The molecule has 1 aromatic carbocycles. The molecule has 0 radical (unpaired) electrons. The molecule has 16 heavy (non-hydrogen) atoms. The molecule has 0 spiro atoms. The molecule has 1 aromatic heterocycles. The van der Waals surface area contributed by atoms with Gasteiger partial charge < -0.3 is 0 Å². The number of hydrogen-bond donors (Lipinski definition) is 0. The van der Waals surface area contributed by atoms with E-state index in [2.05, 4.69) is 49.0 Å². The molecule has 0 amide bonds. The average molecular weight is 359 g/mol. The number of rotatable bonds is 3. The number of aromatic nitrogens is 1. The van der Waals surface area contributed by atoms with Gasteiger partial charge in [0.05, 0.1) is 0 Å². The Morgan fingerprint density at radius 2 is 2.00 bits per heavy atom. The number of thioether (sulfide) groups is 1. The largest absolute Gasteiger partial charge is 0.249 e. The topological polar surface area (TPSA) is 12.9 Å². The van der Waals surface area contributed by atoms with Crippen molar-refractivity contribution in [3.8, 4) is 0 Å². The lowest BCUT2D eigenvalue weighted by Gasteiger charge is -2.03. The fourth-order valence-electron chi connectivity index (χ4n) is 1.26. The smallest absolute Gasteiger partial charge is 0.110 e. The van der Waals surface area contributed by atoms with Gasteiger partial charge >= 0.3 is 0 Å². The highest BCUT2D eigenvalue weighted by Crippen LogP contribution is 2.28. The van der Waals surface area contributed by atoms with Gasteiger partial charge in [0, 0.05) is 20.9 Å². The van der Waals surface area contributed by atoms with E-state index >= 15 is 0 Å². The minimum atomic E-state index is 0.926. The SMILES string of the molecule is Brc1cccc(CSc2ncccc2Br)c1. The summed E-state index contributed by atoms with van der Waals surface area (Å²) < 4.78 is 2.17. The Kier molecular flexibility index (Phi) is 4.44. The monoisotopic (exact) mass is 357 g/mol. The first-order chi connectivity index (χ1) is 7.75. The lowest BCUT2D eigenvalue weighted by molar-refractivity contribution is 1.11. The second-order valence-corrected chi connectivity index (χ2v) is 5.94. The van der Waals surface area contributed by atoms with E-state index in [1.807, 2.05) is 30.5 Å². The Bertz CT molecular complexity index is 488. The highest BCUT2D eigenvalue weighted by Gasteiger charge is 2.01.